The highest BCUT2D eigenvalue weighted by molar-refractivity contribution is 5.86. The maximum absolute atomic E-state index is 12.3. The van der Waals surface area contributed by atoms with Crippen molar-refractivity contribution in [2.24, 2.45) is 71.0 Å². The number of carbonyl (C=O) groups excluding carboxylic acids is 9. The monoisotopic (exact) mass is 1850 g/mol. The summed E-state index contributed by atoms with van der Waals surface area (Å²) in [7, 11) is 17.0. The summed E-state index contributed by atoms with van der Waals surface area (Å²) in [4.78, 5) is 118. The number of likely N-dealkylation sites (tertiary alicyclic amines) is 3. The molecule has 5 aliphatic heterocycles. The second-order valence-corrected chi connectivity index (χ2v) is 38.9. The van der Waals surface area contributed by atoms with Gasteiger partial charge in [0.1, 0.15) is 54.4 Å². The van der Waals surface area contributed by atoms with E-state index in [9.17, 15) is 48.3 Å². The molecule has 12 saturated carbocycles. The fraction of sp³-hybridized carbons (Fsp3) is 0.871. The Balaban J connectivity index is 0.000000273. The van der Waals surface area contributed by atoms with Crippen LogP contribution in [0.4, 0.5) is 24.0 Å². The van der Waals surface area contributed by atoms with Crippen molar-refractivity contribution < 1.29 is 90.9 Å². The van der Waals surface area contributed by atoms with Crippen molar-refractivity contribution >= 4 is 78.8 Å². The Hall–Kier alpha value is -6.84. The van der Waals surface area contributed by atoms with Gasteiger partial charge in [0.25, 0.3) is 0 Å². The van der Waals surface area contributed by atoms with E-state index in [1.165, 1.54) is 24.5 Å². The van der Waals surface area contributed by atoms with E-state index >= 15 is 0 Å². The van der Waals surface area contributed by atoms with Gasteiger partial charge in [0.2, 0.25) is 17.7 Å². The van der Waals surface area contributed by atoms with Gasteiger partial charge in [0.15, 0.2) is 11.6 Å². The molecule has 0 aromatic rings. The molecular formula is C93H160Cl2N14O19. The van der Waals surface area contributed by atoms with E-state index in [1.54, 1.807) is 85.2 Å². The van der Waals surface area contributed by atoms with Gasteiger partial charge in [-0.25, -0.2) is 24.0 Å². The SMILES string of the molecule is C.C.C.C.C.CN(C)C(=O)OC1C[C@@H]2CC3(C[C@@H]2C1)OCCO3.CN(C)C(=O)OC1C[C@H]2CC(=O)C[C@H]2C1.CN(C)C(=O)OC1C[C@H]2CC(NCC(=O)N3CCC[C@H]3C#N)C[C@H]2C1.CN(C)C(=O)OC1C[C@H]2CC(NCC(=O)N3CCC[C@H]3C#N)C[C@H]2C1.CN(C)C(=O)OC1C[C@H]2CC(NCC(=O)N3CCC[C@H]3C#N)C[C@H]2C1.Cl.Cl.OC1C[C@@H]2CC3(C[C@@H]2C1)OCCO3. The molecule has 17 rings (SSSR count). The van der Waals surface area contributed by atoms with Crippen LogP contribution >= 0.6 is 24.8 Å². The van der Waals surface area contributed by atoms with Crippen molar-refractivity contribution in [1.29, 1.82) is 15.8 Å². The van der Waals surface area contributed by atoms with Crippen LogP contribution in [0.1, 0.15) is 230 Å². The summed E-state index contributed by atoms with van der Waals surface area (Å²) < 4.78 is 50.2. The highest BCUT2D eigenvalue weighted by Crippen LogP contribution is 2.55. The molecule has 5 saturated heterocycles. The molecule has 730 valence electrons. The quantitative estimate of drug-likeness (QED) is 0.117. The van der Waals surface area contributed by atoms with E-state index in [4.69, 9.17) is 58.4 Å². The zero-order valence-corrected chi connectivity index (χ0v) is 75.8. The molecule has 0 aromatic carbocycles. The van der Waals surface area contributed by atoms with Gasteiger partial charge in [0, 0.05) is 147 Å². The molecular weight excluding hydrogens is 1690 g/mol. The van der Waals surface area contributed by atoms with Crippen molar-refractivity contribution in [3.05, 3.63) is 0 Å². The van der Waals surface area contributed by atoms with Crippen molar-refractivity contribution in [3.8, 4) is 18.2 Å². The fourth-order valence-corrected chi connectivity index (χ4v) is 23.4. The molecule has 17 fully saturated rings. The normalized spacial score (nSPS) is 33.8. The number of nitriles is 3. The molecule has 9 unspecified atom stereocenters. The first-order valence-corrected chi connectivity index (χ1v) is 45.3. The summed E-state index contributed by atoms with van der Waals surface area (Å²) in [6.07, 6.45) is 26.7. The number of aliphatic hydroxyl groups is 1. The second kappa shape index (κ2) is 50.9. The first-order chi connectivity index (χ1) is 57.8. The van der Waals surface area contributed by atoms with Gasteiger partial charge in [0.05, 0.1) is 70.4 Å². The molecule has 24 atom stereocenters. The summed E-state index contributed by atoms with van der Waals surface area (Å²) in [5.41, 5.74) is 0. The van der Waals surface area contributed by atoms with E-state index < -0.39 is 0 Å². The molecule has 33 nitrogen and oxygen atoms in total. The van der Waals surface area contributed by atoms with Gasteiger partial charge in [-0.15, -0.1) is 24.8 Å². The Bertz CT molecular complexity index is 3380. The predicted molar refractivity (Wildman–Crippen MR) is 487 cm³/mol. The van der Waals surface area contributed by atoms with Crippen LogP contribution in [0.2, 0.25) is 0 Å². The lowest BCUT2D eigenvalue weighted by atomic mass is 10.0. The lowest BCUT2D eigenvalue weighted by Gasteiger charge is -2.24. The molecule has 4 N–H and O–H groups in total. The van der Waals surface area contributed by atoms with Gasteiger partial charge in [-0.05, 0) is 225 Å². The molecule has 35 heteroatoms. The molecule has 5 heterocycles. The fourth-order valence-electron chi connectivity index (χ4n) is 23.4. The van der Waals surface area contributed by atoms with Crippen molar-refractivity contribution in [2.45, 2.75) is 314 Å². The van der Waals surface area contributed by atoms with E-state index in [1.807, 2.05) is 0 Å². The zero-order valence-electron chi connectivity index (χ0n) is 74.2. The maximum Gasteiger partial charge on any atom is 0.409 e. The Morgan fingerprint density at radius 1 is 0.359 bits per heavy atom. The molecule has 12 aliphatic carbocycles. The number of nitrogens with one attached hydrogen (secondary N) is 3. The Morgan fingerprint density at radius 2 is 0.570 bits per heavy atom. The van der Waals surface area contributed by atoms with E-state index in [-0.39, 0.29) is 176 Å². The summed E-state index contributed by atoms with van der Waals surface area (Å²) in [6.45, 7) is 6.01. The summed E-state index contributed by atoms with van der Waals surface area (Å²) in [6, 6.07) is 6.97. The average molecular weight is 1850 g/mol. The van der Waals surface area contributed by atoms with Gasteiger partial charge < -0.3 is 103 Å². The third kappa shape index (κ3) is 29.3. The molecule has 2 spiro atoms. The summed E-state index contributed by atoms with van der Waals surface area (Å²) in [5.74, 6) is 6.81. The van der Waals surface area contributed by atoms with Gasteiger partial charge in [-0.3, -0.25) is 19.2 Å². The average Bonchev–Trinajstić information content (AvgIpc) is 1.62. The van der Waals surface area contributed by atoms with Crippen LogP contribution in [0, 0.1) is 105 Å². The highest BCUT2D eigenvalue weighted by Gasteiger charge is 2.56. The lowest BCUT2D eigenvalue weighted by Crippen LogP contribution is -2.43. The van der Waals surface area contributed by atoms with Crippen LogP contribution in [0.15, 0.2) is 0 Å². The first kappa shape index (κ1) is 112. The largest absolute Gasteiger partial charge is 0.446 e. The number of nitrogens with zero attached hydrogens (tertiary/aromatic N) is 11. The molecule has 0 aromatic heterocycles. The number of ether oxygens (including phenoxy) is 9. The number of fused-ring (bicyclic) bond motifs is 6. The number of aliphatic hydroxyl groups excluding tert-OH is 1. The minimum Gasteiger partial charge on any atom is -0.446 e. The van der Waals surface area contributed by atoms with Crippen molar-refractivity contribution in [1.82, 2.24) is 55.1 Å². The second-order valence-electron chi connectivity index (χ2n) is 38.9. The number of Topliss-reactive ketones (excluding diaryl/α,β-unsaturated/α-hetero) is 1. The molecule has 8 amide bonds. The van der Waals surface area contributed by atoms with Crippen LogP contribution in [0.25, 0.3) is 0 Å². The number of amides is 8. The highest BCUT2D eigenvalue weighted by atomic mass is 35.5. The Kier molecular flexibility index (Phi) is 44.4. The molecule has 128 heavy (non-hydrogen) atoms. The minimum absolute atomic E-state index is 0. The molecule has 0 bridgehead atoms. The summed E-state index contributed by atoms with van der Waals surface area (Å²) in [5, 5.41) is 46.9. The van der Waals surface area contributed by atoms with Crippen LogP contribution in [0.3, 0.4) is 0 Å². The van der Waals surface area contributed by atoms with E-state index in [2.05, 4.69) is 34.2 Å². The number of carbonyl (C=O) groups is 9. The smallest absolute Gasteiger partial charge is 0.409 e. The van der Waals surface area contributed by atoms with Crippen LogP contribution in [-0.4, -0.2) is 319 Å². The predicted octanol–water partition coefficient (Wildman–Crippen LogP) is 12.0. The molecule has 0 radical (unpaired) electrons. The van der Waals surface area contributed by atoms with Crippen LogP contribution < -0.4 is 16.0 Å². The minimum atomic E-state index is -0.300. The van der Waals surface area contributed by atoms with Gasteiger partial charge in [-0.2, -0.15) is 15.8 Å². The first-order valence-electron chi connectivity index (χ1n) is 45.3. The number of hydrogen-bond acceptors (Lipinski definition) is 25. The van der Waals surface area contributed by atoms with Gasteiger partial charge >= 0.3 is 30.5 Å². The standard InChI is InChI=1S/3C18H28N4O3.C13H21NO4.C11H17NO3.C10H16O3.5CH4.2ClH/c3*1-21(2)18(24)25-16-8-12-6-14(7-13(12)9-16)20-11-17(23)22-5-3-4-15(22)10-19;1-14(2)12(15)18-11-5-9-7-13(8-10(9)6-11)16-3-4-17-13;1-12(2)11(14)15-10-5-7-3-9(13)4-8(7)6-10;11-9-3-7-5-10(6-8(7)4-9)12-1-2-13-10;;;;;;;/h3*12-16,20H,3-9,11H2,1-2H3;9-11H,3-8H2,1-2H3;7-8,10H,3-6H2,1-2H3;7-9,11H,1-6H2;5*1H4;2*1H/t3*12-,13+,14?,15-,16?;9-,10+,11?;7-,8+,10?;7-,8+,9?;;;;;;;/m000........../s1. The Morgan fingerprint density at radius 3 is 0.789 bits per heavy atom. The third-order valence-corrected chi connectivity index (χ3v) is 29.2. The van der Waals surface area contributed by atoms with E-state index in [0.29, 0.717) is 147 Å². The summed E-state index contributed by atoms with van der Waals surface area (Å²) >= 11 is 0. The number of hydrogen-bond donors (Lipinski definition) is 4. The number of ketones is 1. The van der Waals surface area contributed by atoms with Crippen molar-refractivity contribution in [2.75, 3.05) is 136 Å². The zero-order chi connectivity index (χ0) is 86.6. The number of halogens is 2. The molecule has 17 aliphatic rings. The topological polar surface area (TPSA) is 390 Å². The van der Waals surface area contributed by atoms with Crippen molar-refractivity contribution in [3.63, 3.8) is 0 Å². The van der Waals surface area contributed by atoms with Gasteiger partial charge in [-0.1, -0.05) is 37.1 Å². The Labute approximate surface area is 776 Å². The van der Waals surface area contributed by atoms with E-state index in [0.717, 1.165) is 206 Å². The maximum atomic E-state index is 12.3. The third-order valence-electron chi connectivity index (χ3n) is 29.2. The van der Waals surface area contributed by atoms with Crippen LogP contribution in [-0.2, 0) is 61.8 Å². The number of rotatable bonds is 14. The van der Waals surface area contributed by atoms with Crippen LogP contribution in [0.5, 0.6) is 0 Å². The lowest BCUT2D eigenvalue weighted by molar-refractivity contribution is -0.156.